The molecule has 2 rings (SSSR count). The number of piperazine rings is 1. The summed E-state index contributed by atoms with van der Waals surface area (Å²) in [5.74, 6) is 1.51. The number of nitrogens with one attached hydrogen (secondary N) is 1. The van der Waals surface area contributed by atoms with Gasteiger partial charge in [0.05, 0.1) is 0 Å². The molecule has 1 saturated heterocycles. The molecule has 1 aliphatic heterocycles. The summed E-state index contributed by atoms with van der Waals surface area (Å²) >= 11 is 0. The van der Waals surface area contributed by atoms with Crippen LogP contribution in [0.15, 0.2) is 0 Å². The van der Waals surface area contributed by atoms with Gasteiger partial charge in [0.1, 0.15) is 12.1 Å². The second-order valence-corrected chi connectivity index (χ2v) is 7.37. The molecule has 21 heavy (non-hydrogen) atoms. The van der Waals surface area contributed by atoms with Crippen LogP contribution in [0.5, 0.6) is 0 Å². The second-order valence-electron chi connectivity index (χ2n) is 7.37. The zero-order valence-electron chi connectivity index (χ0n) is 14.1. The first-order valence-corrected chi connectivity index (χ1v) is 8.49. The fraction of sp³-hybridized carbons (Fsp3) is 0.882. The first-order chi connectivity index (χ1) is 9.86. The predicted molar refractivity (Wildman–Crippen MR) is 83.7 cm³/mol. The number of hydrogen-bond donors (Lipinski definition) is 1. The summed E-state index contributed by atoms with van der Waals surface area (Å²) < 4.78 is 0. The number of amides is 2. The summed E-state index contributed by atoms with van der Waals surface area (Å²) in [4.78, 5) is 27.3. The van der Waals surface area contributed by atoms with Crippen molar-refractivity contribution in [1.29, 1.82) is 0 Å². The van der Waals surface area contributed by atoms with E-state index in [1.807, 2.05) is 25.7 Å². The molecule has 1 N–H and O–H groups in total. The summed E-state index contributed by atoms with van der Waals surface area (Å²) in [5, 5.41) is 2.91. The van der Waals surface area contributed by atoms with Crippen LogP contribution in [0, 0.1) is 17.8 Å². The molecule has 1 aliphatic carbocycles. The van der Waals surface area contributed by atoms with Gasteiger partial charge in [-0.3, -0.25) is 9.59 Å². The number of carbonyl (C=O) groups excluding carboxylic acids is 2. The van der Waals surface area contributed by atoms with Crippen molar-refractivity contribution in [2.45, 2.75) is 78.4 Å². The minimum absolute atomic E-state index is 0.0299. The number of hydrogen-bond acceptors (Lipinski definition) is 2. The number of nitrogens with zero attached hydrogens (tertiary/aromatic N) is 1. The van der Waals surface area contributed by atoms with Gasteiger partial charge in [-0.05, 0) is 43.4 Å². The smallest absolute Gasteiger partial charge is 0.246 e. The van der Waals surface area contributed by atoms with Gasteiger partial charge in [0.2, 0.25) is 11.8 Å². The van der Waals surface area contributed by atoms with Gasteiger partial charge in [-0.1, -0.05) is 34.6 Å². The van der Waals surface area contributed by atoms with E-state index in [0.717, 1.165) is 25.2 Å². The maximum absolute atomic E-state index is 12.9. The van der Waals surface area contributed by atoms with Crippen LogP contribution in [0.3, 0.4) is 0 Å². The van der Waals surface area contributed by atoms with Gasteiger partial charge >= 0.3 is 0 Å². The molecule has 2 fully saturated rings. The highest BCUT2D eigenvalue weighted by molar-refractivity contribution is 5.97. The summed E-state index contributed by atoms with van der Waals surface area (Å²) in [6.07, 6.45) is 4.00. The van der Waals surface area contributed by atoms with E-state index >= 15 is 0 Å². The lowest BCUT2D eigenvalue weighted by Gasteiger charge is -2.48. The normalized spacial score (nSPS) is 37.8. The van der Waals surface area contributed by atoms with Crippen LogP contribution < -0.4 is 5.32 Å². The Kier molecular flexibility index (Phi) is 4.95. The van der Waals surface area contributed by atoms with Gasteiger partial charge in [-0.25, -0.2) is 0 Å². The third-order valence-electron chi connectivity index (χ3n) is 5.22. The van der Waals surface area contributed by atoms with Crippen molar-refractivity contribution < 1.29 is 9.59 Å². The fourth-order valence-corrected chi connectivity index (χ4v) is 4.10. The second kappa shape index (κ2) is 6.37. The monoisotopic (exact) mass is 294 g/mol. The molecule has 120 valence electrons. The van der Waals surface area contributed by atoms with E-state index in [4.69, 9.17) is 0 Å². The highest BCUT2D eigenvalue weighted by Crippen LogP contribution is 2.35. The average Bonchev–Trinajstić information content (AvgIpc) is 2.40. The Morgan fingerprint density at radius 3 is 2.43 bits per heavy atom. The summed E-state index contributed by atoms with van der Waals surface area (Å²) in [6, 6.07) is -0.415. The molecule has 0 bridgehead atoms. The molecule has 5 atom stereocenters. The van der Waals surface area contributed by atoms with Gasteiger partial charge in [-0.2, -0.15) is 0 Å². The lowest BCUT2D eigenvalue weighted by Crippen LogP contribution is -2.68. The zero-order valence-corrected chi connectivity index (χ0v) is 14.1. The van der Waals surface area contributed by atoms with Gasteiger partial charge in [0, 0.05) is 6.04 Å². The Morgan fingerprint density at radius 2 is 1.90 bits per heavy atom. The molecule has 4 nitrogen and oxygen atoms in total. The van der Waals surface area contributed by atoms with Crippen molar-refractivity contribution in [3.05, 3.63) is 0 Å². The van der Waals surface area contributed by atoms with E-state index in [-0.39, 0.29) is 35.9 Å². The Labute approximate surface area is 128 Å². The SMILES string of the molecule is CCC1NC(=O)C(C(C)C)N(C2CCC(C)CC2C)C1=O. The Bertz CT molecular complexity index is 408. The van der Waals surface area contributed by atoms with E-state index in [2.05, 4.69) is 19.2 Å². The van der Waals surface area contributed by atoms with E-state index in [0.29, 0.717) is 12.3 Å². The lowest BCUT2D eigenvalue weighted by molar-refractivity contribution is -0.156. The van der Waals surface area contributed by atoms with E-state index in [1.165, 1.54) is 0 Å². The maximum atomic E-state index is 12.9. The Morgan fingerprint density at radius 1 is 1.24 bits per heavy atom. The molecular formula is C17H30N2O2. The van der Waals surface area contributed by atoms with Crippen molar-refractivity contribution in [3.63, 3.8) is 0 Å². The topological polar surface area (TPSA) is 49.4 Å². The molecule has 5 unspecified atom stereocenters. The van der Waals surface area contributed by atoms with Crippen LogP contribution in [0.2, 0.25) is 0 Å². The molecule has 0 aromatic heterocycles. The highest BCUT2D eigenvalue weighted by Gasteiger charge is 2.46. The van der Waals surface area contributed by atoms with Gasteiger partial charge in [0.15, 0.2) is 0 Å². The third kappa shape index (κ3) is 3.09. The van der Waals surface area contributed by atoms with Crippen LogP contribution in [-0.2, 0) is 9.59 Å². The van der Waals surface area contributed by atoms with Crippen molar-refractivity contribution in [1.82, 2.24) is 10.2 Å². The van der Waals surface area contributed by atoms with Crippen molar-refractivity contribution in [2.75, 3.05) is 0 Å². The Balaban J connectivity index is 2.29. The van der Waals surface area contributed by atoms with Gasteiger partial charge in [-0.15, -0.1) is 0 Å². The molecule has 0 radical (unpaired) electrons. The van der Waals surface area contributed by atoms with Gasteiger partial charge < -0.3 is 10.2 Å². The van der Waals surface area contributed by atoms with E-state index in [9.17, 15) is 9.59 Å². The summed E-state index contributed by atoms with van der Waals surface area (Å²) in [6.45, 7) is 10.5. The van der Waals surface area contributed by atoms with E-state index < -0.39 is 0 Å². The molecule has 1 heterocycles. The van der Waals surface area contributed by atoms with Crippen LogP contribution in [0.1, 0.15) is 60.3 Å². The van der Waals surface area contributed by atoms with Crippen molar-refractivity contribution in [3.8, 4) is 0 Å². The minimum Gasteiger partial charge on any atom is -0.343 e. The average molecular weight is 294 g/mol. The summed E-state index contributed by atoms with van der Waals surface area (Å²) in [7, 11) is 0. The summed E-state index contributed by atoms with van der Waals surface area (Å²) in [5.41, 5.74) is 0. The molecule has 1 saturated carbocycles. The molecule has 2 aliphatic rings. The molecular weight excluding hydrogens is 264 g/mol. The molecule has 4 heteroatoms. The highest BCUT2D eigenvalue weighted by atomic mass is 16.2. The molecule has 0 aromatic rings. The maximum Gasteiger partial charge on any atom is 0.246 e. The minimum atomic E-state index is -0.334. The van der Waals surface area contributed by atoms with Crippen LogP contribution in [-0.4, -0.2) is 34.8 Å². The molecule has 0 aromatic carbocycles. The standard InChI is InChI=1S/C17H30N2O2/c1-6-13-17(21)19(15(10(2)3)16(20)18-13)14-8-7-11(4)9-12(14)5/h10-15H,6-9H2,1-5H3,(H,18,20). The van der Waals surface area contributed by atoms with Crippen molar-refractivity contribution in [2.24, 2.45) is 17.8 Å². The largest absolute Gasteiger partial charge is 0.343 e. The fourth-order valence-electron chi connectivity index (χ4n) is 4.10. The predicted octanol–water partition coefficient (Wildman–Crippen LogP) is 2.57. The van der Waals surface area contributed by atoms with E-state index in [1.54, 1.807) is 0 Å². The first kappa shape index (κ1) is 16.3. The molecule has 2 amide bonds. The van der Waals surface area contributed by atoms with Crippen LogP contribution >= 0.6 is 0 Å². The van der Waals surface area contributed by atoms with Crippen molar-refractivity contribution >= 4 is 11.8 Å². The number of rotatable bonds is 3. The van der Waals surface area contributed by atoms with Gasteiger partial charge in [0.25, 0.3) is 0 Å². The third-order valence-corrected chi connectivity index (χ3v) is 5.22. The first-order valence-electron chi connectivity index (χ1n) is 8.49. The van der Waals surface area contributed by atoms with Crippen LogP contribution in [0.25, 0.3) is 0 Å². The quantitative estimate of drug-likeness (QED) is 0.869. The Hall–Kier alpha value is -1.06. The molecule has 0 spiro atoms. The number of carbonyl (C=O) groups is 2. The van der Waals surface area contributed by atoms with Crippen LogP contribution in [0.4, 0.5) is 0 Å². The lowest BCUT2D eigenvalue weighted by atomic mass is 9.77. The zero-order chi connectivity index (χ0) is 15.7.